The zero-order valence-electron chi connectivity index (χ0n) is 9.39. The summed E-state index contributed by atoms with van der Waals surface area (Å²) in [6.07, 6.45) is 3.65. The monoisotopic (exact) mass is 201 g/mol. The van der Waals surface area contributed by atoms with Crippen LogP contribution in [-0.4, -0.2) is 16.5 Å². The van der Waals surface area contributed by atoms with E-state index in [0.717, 1.165) is 6.42 Å². The van der Waals surface area contributed by atoms with Crippen LogP contribution in [0.2, 0.25) is 0 Å². The van der Waals surface area contributed by atoms with E-state index in [1.54, 1.807) is 0 Å². The lowest BCUT2D eigenvalue weighted by Crippen LogP contribution is -2.52. The molecule has 2 heteroatoms. The van der Waals surface area contributed by atoms with E-state index in [1.165, 1.54) is 18.6 Å². The molecule has 1 aliphatic heterocycles. The molecule has 0 aromatic heterocycles. The molecule has 0 amide bonds. The number of hydrogen-bond acceptors (Lipinski definition) is 2. The van der Waals surface area contributed by atoms with E-state index in [2.05, 4.69) is 27.7 Å². The third-order valence-electron chi connectivity index (χ3n) is 2.82. The largest absolute Gasteiger partial charge is 0.324 e. The Hall–Kier alpha value is 0.310. The van der Waals surface area contributed by atoms with Gasteiger partial charge in [-0.2, -0.15) is 11.8 Å². The molecule has 0 bridgehead atoms. The van der Waals surface area contributed by atoms with Gasteiger partial charge in [-0.1, -0.05) is 27.7 Å². The molecule has 0 aromatic rings. The quantitative estimate of drug-likeness (QED) is 0.705. The maximum absolute atomic E-state index is 6.47. The van der Waals surface area contributed by atoms with Crippen LogP contribution in [0, 0.1) is 5.41 Å². The van der Waals surface area contributed by atoms with Crippen LogP contribution in [0.25, 0.3) is 0 Å². The summed E-state index contributed by atoms with van der Waals surface area (Å²) < 4.78 is 0. The zero-order valence-corrected chi connectivity index (χ0v) is 10.2. The highest BCUT2D eigenvalue weighted by molar-refractivity contribution is 8.00. The second-order valence-corrected chi connectivity index (χ2v) is 7.04. The highest BCUT2D eigenvalue weighted by Gasteiger charge is 2.37. The molecule has 0 aliphatic carbocycles. The smallest absolute Gasteiger partial charge is 0.0277 e. The molecule has 2 unspecified atom stereocenters. The molecular formula is C11H23NS. The van der Waals surface area contributed by atoms with Gasteiger partial charge in [-0.25, -0.2) is 0 Å². The van der Waals surface area contributed by atoms with Crippen molar-refractivity contribution >= 4 is 11.8 Å². The molecule has 1 fully saturated rings. The van der Waals surface area contributed by atoms with E-state index in [4.69, 9.17) is 5.73 Å². The molecular weight excluding hydrogens is 178 g/mol. The van der Waals surface area contributed by atoms with Crippen molar-refractivity contribution in [2.45, 2.75) is 57.7 Å². The first kappa shape index (κ1) is 11.4. The van der Waals surface area contributed by atoms with Crippen LogP contribution >= 0.6 is 11.8 Å². The van der Waals surface area contributed by atoms with E-state index in [-0.39, 0.29) is 5.54 Å². The maximum atomic E-state index is 6.47. The van der Waals surface area contributed by atoms with Gasteiger partial charge >= 0.3 is 0 Å². The van der Waals surface area contributed by atoms with Crippen LogP contribution in [-0.2, 0) is 0 Å². The number of hydrogen-bond donors (Lipinski definition) is 1. The van der Waals surface area contributed by atoms with Gasteiger partial charge in [0.1, 0.15) is 0 Å². The van der Waals surface area contributed by atoms with Crippen LogP contribution < -0.4 is 5.73 Å². The van der Waals surface area contributed by atoms with Crippen LogP contribution in [0.3, 0.4) is 0 Å². The number of rotatable bonds is 1. The Balaban J connectivity index is 2.62. The van der Waals surface area contributed by atoms with E-state index in [1.807, 2.05) is 11.8 Å². The fourth-order valence-corrected chi connectivity index (χ4v) is 3.45. The fraction of sp³-hybridized carbons (Fsp3) is 1.00. The Bertz CT molecular complexity index is 173. The van der Waals surface area contributed by atoms with Crippen molar-refractivity contribution in [3.8, 4) is 0 Å². The van der Waals surface area contributed by atoms with Gasteiger partial charge in [-0.3, -0.25) is 0 Å². The van der Waals surface area contributed by atoms with E-state index < -0.39 is 0 Å². The van der Waals surface area contributed by atoms with Gasteiger partial charge in [0.25, 0.3) is 0 Å². The molecule has 1 heterocycles. The predicted molar refractivity (Wildman–Crippen MR) is 62.1 cm³/mol. The Morgan fingerprint density at radius 1 is 1.46 bits per heavy atom. The first-order valence-corrected chi connectivity index (χ1v) is 6.29. The lowest BCUT2D eigenvalue weighted by atomic mass is 9.76. The number of nitrogens with two attached hydrogens (primary N) is 1. The average molecular weight is 201 g/mol. The second-order valence-electron chi connectivity index (χ2n) is 5.59. The zero-order chi connectivity index (χ0) is 10.1. The van der Waals surface area contributed by atoms with E-state index >= 15 is 0 Å². The van der Waals surface area contributed by atoms with Crippen molar-refractivity contribution in [2.24, 2.45) is 11.1 Å². The van der Waals surface area contributed by atoms with Crippen LogP contribution in [0.15, 0.2) is 0 Å². The van der Waals surface area contributed by atoms with Crippen LogP contribution in [0.1, 0.15) is 47.0 Å². The lowest BCUT2D eigenvalue weighted by molar-refractivity contribution is 0.235. The molecule has 2 N–H and O–H groups in total. The minimum Gasteiger partial charge on any atom is -0.324 e. The van der Waals surface area contributed by atoms with Crippen molar-refractivity contribution in [1.29, 1.82) is 0 Å². The summed E-state index contributed by atoms with van der Waals surface area (Å²) in [5.74, 6) is 1.30. The van der Waals surface area contributed by atoms with Gasteiger partial charge in [0, 0.05) is 10.8 Å². The predicted octanol–water partition coefficient (Wildman–Crippen LogP) is 3.04. The van der Waals surface area contributed by atoms with Crippen molar-refractivity contribution in [2.75, 3.05) is 5.75 Å². The Morgan fingerprint density at radius 3 is 2.54 bits per heavy atom. The van der Waals surface area contributed by atoms with Gasteiger partial charge in [0.2, 0.25) is 0 Å². The molecule has 1 saturated heterocycles. The highest BCUT2D eigenvalue weighted by atomic mass is 32.2. The van der Waals surface area contributed by atoms with Crippen molar-refractivity contribution in [3.63, 3.8) is 0 Å². The van der Waals surface area contributed by atoms with Gasteiger partial charge in [-0.15, -0.1) is 0 Å². The molecule has 1 rings (SSSR count). The van der Waals surface area contributed by atoms with Crippen molar-refractivity contribution in [1.82, 2.24) is 0 Å². The molecule has 0 spiro atoms. The Labute approximate surface area is 86.8 Å². The average Bonchev–Trinajstić information content (AvgIpc) is 1.92. The third kappa shape index (κ3) is 3.17. The summed E-state index contributed by atoms with van der Waals surface area (Å²) in [6, 6.07) is 0. The van der Waals surface area contributed by atoms with Crippen LogP contribution in [0.5, 0.6) is 0 Å². The van der Waals surface area contributed by atoms with Crippen molar-refractivity contribution < 1.29 is 0 Å². The lowest BCUT2D eigenvalue weighted by Gasteiger charge is -2.43. The Morgan fingerprint density at radius 2 is 2.08 bits per heavy atom. The molecule has 0 aromatic carbocycles. The summed E-state index contributed by atoms with van der Waals surface area (Å²) in [4.78, 5) is 0. The molecule has 0 radical (unpaired) electrons. The molecule has 1 nitrogen and oxygen atoms in total. The summed E-state index contributed by atoms with van der Waals surface area (Å²) in [6.45, 7) is 9.14. The summed E-state index contributed by atoms with van der Waals surface area (Å²) >= 11 is 2.04. The topological polar surface area (TPSA) is 26.0 Å². The highest BCUT2D eigenvalue weighted by Crippen LogP contribution is 2.39. The van der Waals surface area contributed by atoms with E-state index in [0.29, 0.717) is 10.7 Å². The van der Waals surface area contributed by atoms with Gasteiger partial charge < -0.3 is 5.73 Å². The van der Waals surface area contributed by atoms with Crippen LogP contribution in [0.4, 0.5) is 0 Å². The molecule has 1 aliphatic rings. The van der Waals surface area contributed by atoms with Crippen molar-refractivity contribution in [3.05, 3.63) is 0 Å². The van der Waals surface area contributed by atoms with Gasteiger partial charge in [-0.05, 0) is 30.4 Å². The SMILES string of the molecule is CC1SCCCC1(N)CC(C)(C)C. The molecule has 0 saturated carbocycles. The van der Waals surface area contributed by atoms with Gasteiger partial charge in [0.15, 0.2) is 0 Å². The maximum Gasteiger partial charge on any atom is 0.0277 e. The summed E-state index contributed by atoms with van der Waals surface area (Å²) in [5, 5.41) is 0.625. The second kappa shape index (κ2) is 3.82. The minimum absolute atomic E-state index is 0.0845. The third-order valence-corrected chi connectivity index (χ3v) is 4.32. The molecule has 13 heavy (non-hydrogen) atoms. The molecule has 2 atom stereocenters. The molecule has 78 valence electrons. The fourth-order valence-electron chi connectivity index (χ4n) is 2.25. The minimum atomic E-state index is 0.0845. The summed E-state index contributed by atoms with van der Waals surface area (Å²) in [7, 11) is 0. The number of thioether (sulfide) groups is 1. The Kier molecular flexibility index (Phi) is 3.34. The first-order valence-electron chi connectivity index (χ1n) is 5.24. The summed E-state index contributed by atoms with van der Waals surface area (Å²) in [5.41, 5.74) is 6.91. The normalized spacial score (nSPS) is 36.2. The van der Waals surface area contributed by atoms with E-state index in [9.17, 15) is 0 Å². The first-order chi connectivity index (χ1) is 5.83. The van der Waals surface area contributed by atoms with Gasteiger partial charge in [0.05, 0.1) is 0 Å². The standard InChI is InChI=1S/C11H23NS/c1-9-11(12,6-5-7-13-9)8-10(2,3)4/h9H,5-8,12H2,1-4H3.